The fourth-order valence-corrected chi connectivity index (χ4v) is 12.7. The van der Waals surface area contributed by atoms with Crippen molar-refractivity contribution in [2.24, 2.45) is 11.3 Å². The number of carboxylic acids is 1. The van der Waals surface area contributed by atoms with Crippen molar-refractivity contribution in [1.29, 1.82) is 0 Å². The number of carbonyl (C=O) groups is 4. The summed E-state index contributed by atoms with van der Waals surface area (Å²) in [6.07, 6.45) is 6.36. The Morgan fingerprint density at radius 1 is 1.08 bits per heavy atom. The number of rotatable bonds is 11. The third-order valence-corrected chi connectivity index (χ3v) is 16.5. The number of aliphatic carboxylic acids is 1. The maximum atomic E-state index is 15.0. The van der Waals surface area contributed by atoms with Crippen molar-refractivity contribution < 1.29 is 42.2 Å². The van der Waals surface area contributed by atoms with Gasteiger partial charge in [-0.2, -0.15) is 4.31 Å². The van der Waals surface area contributed by atoms with E-state index >= 15 is 0 Å². The van der Waals surface area contributed by atoms with E-state index in [2.05, 4.69) is 21.3 Å². The molecule has 4 aromatic rings. The minimum atomic E-state index is -3.74. The number of hydrogen-bond acceptors (Lipinski definition) is 13. The number of methoxy groups -OCH3 is 1. The van der Waals surface area contributed by atoms with Gasteiger partial charge in [-0.1, -0.05) is 45.8 Å². The van der Waals surface area contributed by atoms with Crippen LogP contribution in [0.1, 0.15) is 84.4 Å². The van der Waals surface area contributed by atoms with Gasteiger partial charge < -0.3 is 40.7 Å². The molecule has 5 N–H and O–H groups in total. The zero-order chi connectivity index (χ0) is 47.1. The van der Waals surface area contributed by atoms with Crippen LogP contribution in [0, 0.1) is 11.3 Å². The largest absolute Gasteiger partial charge is 0.497 e. The highest BCUT2D eigenvalue weighted by atomic mass is 32.2. The van der Waals surface area contributed by atoms with Crippen molar-refractivity contribution in [3.63, 3.8) is 0 Å². The van der Waals surface area contributed by atoms with Crippen LogP contribution in [0.5, 0.6) is 11.5 Å². The number of sulfonamides is 1. The van der Waals surface area contributed by atoms with E-state index in [0.29, 0.717) is 46.6 Å². The third-order valence-electron chi connectivity index (χ3n) is 12.8. The van der Waals surface area contributed by atoms with Crippen LogP contribution >= 0.6 is 22.7 Å². The molecule has 2 unspecified atom stereocenters. The summed E-state index contributed by atoms with van der Waals surface area (Å²) in [5.41, 5.74) is -0.355. The Morgan fingerprint density at radius 3 is 2.61 bits per heavy atom. The number of carbonyl (C=O) groups excluding carboxylic acids is 3. The average Bonchev–Trinajstić information content (AvgIpc) is 3.73. The van der Waals surface area contributed by atoms with E-state index in [1.807, 2.05) is 58.2 Å². The molecule has 1 aromatic carbocycles. The van der Waals surface area contributed by atoms with Crippen LogP contribution in [0.3, 0.4) is 0 Å². The first-order valence-corrected chi connectivity index (χ1v) is 25.6. The van der Waals surface area contributed by atoms with Gasteiger partial charge in [0.25, 0.3) is 0 Å². The Balaban J connectivity index is 1.08. The van der Waals surface area contributed by atoms with Crippen LogP contribution < -0.4 is 30.7 Å². The number of thiazole rings is 1. The minimum absolute atomic E-state index is 0.0170. The lowest BCUT2D eigenvalue weighted by Gasteiger charge is -2.35. The summed E-state index contributed by atoms with van der Waals surface area (Å²) in [7, 11) is -2.18. The van der Waals surface area contributed by atoms with E-state index in [-0.39, 0.29) is 49.8 Å². The summed E-state index contributed by atoms with van der Waals surface area (Å²) < 4.78 is 40.5. The average molecular weight is 963 g/mol. The van der Waals surface area contributed by atoms with Crippen molar-refractivity contribution >= 4 is 72.5 Å². The van der Waals surface area contributed by atoms with Gasteiger partial charge in [-0.15, -0.1) is 22.7 Å². The molecule has 6 atom stereocenters. The van der Waals surface area contributed by atoms with E-state index in [1.165, 1.54) is 31.9 Å². The molecule has 1 saturated heterocycles. The van der Waals surface area contributed by atoms with Crippen LogP contribution in [0.4, 0.5) is 9.93 Å². The van der Waals surface area contributed by atoms with Crippen LogP contribution in [0.2, 0.25) is 0 Å². The number of nitrogens with one attached hydrogen (secondary N) is 4. The van der Waals surface area contributed by atoms with Gasteiger partial charge in [-0.05, 0) is 68.5 Å². The van der Waals surface area contributed by atoms with Gasteiger partial charge in [0.05, 0.1) is 29.8 Å². The maximum Gasteiger partial charge on any atom is 0.330 e. The second kappa shape index (κ2) is 18.8. The van der Waals surface area contributed by atoms with E-state index in [0.717, 1.165) is 22.9 Å². The predicted octanol–water partition coefficient (Wildman–Crippen LogP) is 6.36. The highest BCUT2D eigenvalue weighted by Gasteiger charge is 2.61. The maximum absolute atomic E-state index is 15.0. The summed E-state index contributed by atoms with van der Waals surface area (Å²) in [6.45, 7) is 9.96. The molecular weight excluding hydrogens is 905 g/mol. The molecule has 20 heteroatoms. The zero-order valence-corrected chi connectivity index (χ0v) is 40.4. The van der Waals surface area contributed by atoms with Gasteiger partial charge in [0, 0.05) is 65.3 Å². The first-order chi connectivity index (χ1) is 31.4. The topological polar surface area (TPSA) is 221 Å². The number of pyridine rings is 1. The number of amides is 4. The zero-order valence-electron chi connectivity index (χ0n) is 38.0. The standard InChI is InChI=1S/C46H58N8O9S3/c1-26(2)47-44-50-34(25-65-44)33-20-36(30-15-14-28(62-6)18-32(30)48-33)63-29-19-35-40(55)52-46(42(57)58)21-27(46)12-10-8-7-9-11-13-31(41(56)54(35)22-29)49-43(59)51-39(45(3,4)5)24-53-23-37-38(16-17-64-37)66(53,60)61/h10,12,14-18,20,25-27,29,31,35,39H,7-9,11,13,19,21-24H2,1-6H3,(H,47,50)(H,52,55)(H,57,58)(H2,49,51,59)/t27?,29-,31+,35+,39?,46-/m1/s1. The van der Waals surface area contributed by atoms with E-state index < -0.39 is 74.9 Å². The van der Waals surface area contributed by atoms with Crippen molar-refractivity contribution in [2.45, 2.75) is 127 Å². The second-order valence-electron chi connectivity index (χ2n) is 18.9. The highest BCUT2D eigenvalue weighted by molar-refractivity contribution is 7.89. The van der Waals surface area contributed by atoms with Crippen LogP contribution in [0.15, 0.2) is 58.1 Å². The van der Waals surface area contributed by atoms with Crippen LogP contribution in [0.25, 0.3) is 22.3 Å². The lowest BCUT2D eigenvalue weighted by molar-refractivity contribution is -0.145. The number of anilines is 1. The Kier molecular flexibility index (Phi) is 13.4. The molecule has 0 spiro atoms. The molecule has 8 rings (SSSR count). The molecule has 1 saturated carbocycles. The number of ether oxygens (including phenoxy) is 2. The number of hydrogen-bond donors (Lipinski definition) is 5. The quantitative estimate of drug-likeness (QED) is 0.104. The lowest BCUT2D eigenvalue weighted by Crippen LogP contribution is -2.59. The van der Waals surface area contributed by atoms with E-state index in [9.17, 15) is 32.7 Å². The van der Waals surface area contributed by atoms with Gasteiger partial charge >= 0.3 is 12.0 Å². The van der Waals surface area contributed by atoms with Crippen molar-refractivity contribution in [3.8, 4) is 22.9 Å². The van der Waals surface area contributed by atoms with E-state index in [1.54, 1.807) is 36.8 Å². The summed E-state index contributed by atoms with van der Waals surface area (Å²) in [6, 6.07) is 5.46. The Hall–Kier alpha value is -5.31. The smallest absolute Gasteiger partial charge is 0.330 e. The summed E-state index contributed by atoms with van der Waals surface area (Å²) in [5.74, 6) is -1.67. The van der Waals surface area contributed by atoms with Gasteiger partial charge in [0.1, 0.15) is 40.9 Å². The molecule has 3 aromatic heterocycles. The molecule has 17 nitrogen and oxygen atoms in total. The normalized spacial score (nSPS) is 24.9. The first kappa shape index (κ1) is 47.2. The lowest BCUT2D eigenvalue weighted by atomic mass is 9.86. The van der Waals surface area contributed by atoms with Crippen molar-refractivity contribution in [3.05, 3.63) is 58.1 Å². The third kappa shape index (κ3) is 9.87. The predicted molar refractivity (Wildman–Crippen MR) is 252 cm³/mol. The number of carboxylic acid groups (broad SMARTS) is 1. The molecule has 0 radical (unpaired) electrons. The van der Waals surface area contributed by atoms with Crippen LogP contribution in [-0.2, 0) is 31.0 Å². The molecule has 6 heterocycles. The van der Waals surface area contributed by atoms with Crippen molar-refractivity contribution in [1.82, 2.24) is 35.1 Å². The number of urea groups is 1. The van der Waals surface area contributed by atoms with Crippen molar-refractivity contribution in [2.75, 3.05) is 25.5 Å². The SMILES string of the molecule is COc1ccc2c(O[C@@H]3C[C@H]4C(=O)N[C@]5(C(=O)O)CC5C=CCCCCC[C@H](NC(=O)NC(CN5Cc6sccc6S5(=O)=O)C(C)(C)C)C(=O)N4C3)cc(-c3csc(NC(C)C)n3)nc2c1. The molecule has 2 fully saturated rings. The molecule has 3 aliphatic heterocycles. The van der Waals surface area contributed by atoms with Gasteiger partial charge in [-0.3, -0.25) is 9.59 Å². The molecule has 4 amide bonds. The molecule has 4 aliphatic rings. The van der Waals surface area contributed by atoms with Crippen LogP contribution in [-0.4, -0.2) is 113 Å². The second-order valence-corrected chi connectivity index (χ2v) is 22.7. The summed E-state index contributed by atoms with van der Waals surface area (Å²) in [5, 5.41) is 27.5. The van der Waals surface area contributed by atoms with E-state index in [4.69, 9.17) is 19.4 Å². The highest BCUT2D eigenvalue weighted by Crippen LogP contribution is 2.46. The van der Waals surface area contributed by atoms with Gasteiger partial charge in [0.15, 0.2) is 5.13 Å². The molecule has 1 aliphatic carbocycles. The summed E-state index contributed by atoms with van der Waals surface area (Å²) >= 11 is 2.82. The number of aromatic nitrogens is 2. The minimum Gasteiger partial charge on any atom is -0.497 e. The monoisotopic (exact) mass is 962 g/mol. The fraction of sp³-hybridized carbons (Fsp3) is 0.522. The summed E-state index contributed by atoms with van der Waals surface area (Å²) in [4.78, 5) is 68.4. The number of benzene rings is 1. The number of nitrogens with zero attached hydrogens (tertiary/aromatic N) is 4. The fourth-order valence-electron chi connectivity index (χ4n) is 8.88. The molecule has 354 valence electrons. The van der Waals surface area contributed by atoms with Gasteiger partial charge in [0.2, 0.25) is 21.8 Å². The van der Waals surface area contributed by atoms with Gasteiger partial charge in [-0.25, -0.2) is 28.0 Å². The Labute approximate surface area is 392 Å². The number of fused-ring (bicyclic) bond motifs is 4. The first-order valence-electron chi connectivity index (χ1n) is 22.4. The Morgan fingerprint density at radius 2 is 1.88 bits per heavy atom. The Bertz CT molecular complexity index is 2640. The molecule has 66 heavy (non-hydrogen) atoms. The molecular formula is C46H58N8O9S3. The number of thiophene rings is 1. The molecule has 0 bridgehead atoms. The number of allylic oxidation sites excluding steroid dienone is 1.